The number of thioether (sulfide) groups is 1. The minimum atomic E-state index is -0.351. The third-order valence-electron chi connectivity index (χ3n) is 4.25. The molecule has 3 rings (SSSR count). The molecule has 0 spiro atoms. The van der Waals surface area contributed by atoms with Gasteiger partial charge in [0.1, 0.15) is 17.6 Å². The Morgan fingerprint density at radius 1 is 1.19 bits per heavy atom. The second kappa shape index (κ2) is 13.8. The van der Waals surface area contributed by atoms with Crippen molar-refractivity contribution in [3.05, 3.63) is 75.2 Å². The van der Waals surface area contributed by atoms with Gasteiger partial charge in [-0.2, -0.15) is 0 Å². The van der Waals surface area contributed by atoms with Crippen molar-refractivity contribution < 1.29 is 19.1 Å². The van der Waals surface area contributed by atoms with Crippen LogP contribution in [0.15, 0.2) is 69.1 Å². The fourth-order valence-electron chi connectivity index (χ4n) is 2.64. The Hall–Kier alpha value is -2.58. The number of nitrogens with zero attached hydrogens (tertiary/aromatic N) is 1. The van der Waals surface area contributed by atoms with Gasteiger partial charge in [-0.15, -0.1) is 0 Å². The number of rotatable bonds is 7. The normalized spacial score (nSPS) is 16.4. The Labute approximate surface area is 201 Å². The molecule has 0 saturated carbocycles. The number of amides is 1. The number of methoxy groups -OCH3 is 1. The second-order valence-corrected chi connectivity index (χ2v) is 8.88. The first kappa shape index (κ1) is 25.7. The zero-order valence-corrected chi connectivity index (χ0v) is 20.7. The van der Waals surface area contributed by atoms with E-state index in [1.54, 1.807) is 7.05 Å². The smallest absolute Gasteiger partial charge is 0.307 e. The molecule has 0 bridgehead atoms. The predicted octanol–water partition coefficient (Wildman–Crippen LogP) is 5.11. The maximum Gasteiger partial charge on any atom is 0.307 e. The fourth-order valence-corrected chi connectivity index (χ4v) is 4.02. The van der Waals surface area contributed by atoms with Gasteiger partial charge in [0.15, 0.2) is 0 Å². The van der Waals surface area contributed by atoms with Crippen molar-refractivity contribution >= 4 is 45.8 Å². The standard InChI is InChI=1S/C15H14BrNO.C9H13NO3S/c1-17-10-12-4-8-15(9-5-12)18-11-13-2-6-14(16)7-3-13;1-3-4-7-10-9(12)6(14-7)5-8(11)13-2/h2-10H,11H2,1H3;4,6H,3,5H2,1-2H3,(H,10,12)/b;7-4-. The van der Waals surface area contributed by atoms with Crippen molar-refractivity contribution in [2.75, 3.05) is 14.2 Å². The minimum Gasteiger partial charge on any atom is -0.489 e. The lowest BCUT2D eigenvalue weighted by Gasteiger charge is -2.06. The lowest BCUT2D eigenvalue weighted by molar-refractivity contribution is -0.141. The molecule has 6 nitrogen and oxygen atoms in total. The molecule has 1 fully saturated rings. The van der Waals surface area contributed by atoms with Crippen molar-refractivity contribution in [2.24, 2.45) is 4.99 Å². The second-order valence-electron chi connectivity index (χ2n) is 6.72. The van der Waals surface area contributed by atoms with Crippen molar-refractivity contribution in [3.63, 3.8) is 0 Å². The molecule has 1 aliphatic heterocycles. The molecule has 8 heteroatoms. The maximum absolute atomic E-state index is 11.3. The summed E-state index contributed by atoms with van der Waals surface area (Å²) in [6.45, 7) is 2.57. The van der Waals surface area contributed by atoms with Gasteiger partial charge in [-0.05, 0) is 53.9 Å². The van der Waals surface area contributed by atoms with Gasteiger partial charge in [-0.25, -0.2) is 0 Å². The fraction of sp³-hybridized carbons (Fsp3) is 0.292. The molecule has 1 saturated heterocycles. The van der Waals surface area contributed by atoms with Gasteiger partial charge in [0, 0.05) is 17.7 Å². The number of nitrogens with one attached hydrogen (secondary N) is 1. The maximum atomic E-state index is 11.3. The summed E-state index contributed by atoms with van der Waals surface area (Å²) in [7, 11) is 3.08. The van der Waals surface area contributed by atoms with Crippen LogP contribution >= 0.6 is 27.7 Å². The summed E-state index contributed by atoms with van der Waals surface area (Å²) in [6, 6.07) is 16.0. The first-order chi connectivity index (χ1) is 15.4. The van der Waals surface area contributed by atoms with Crippen LogP contribution in [0.1, 0.15) is 30.9 Å². The Morgan fingerprint density at radius 2 is 1.88 bits per heavy atom. The van der Waals surface area contributed by atoms with E-state index in [1.165, 1.54) is 18.9 Å². The van der Waals surface area contributed by atoms with Gasteiger partial charge >= 0.3 is 5.97 Å². The Bertz CT molecular complexity index is 943. The highest BCUT2D eigenvalue weighted by molar-refractivity contribution is 9.10. The molecule has 0 aliphatic carbocycles. The van der Waals surface area contributed by atoms with E-state index in [9.17, 15) is 9.59 Å². The molecular formula is C24H27BrN2O4S. The number of hydrogen-bond acceptors (Lipinski definition) is 6. The molecule has 32 heavy (non-hydrogen) atoms. The molecule has 2 aromatic carbocycles. The van der Waals surface area contributed by atoms with Crippen LogP contribution in [0.25, 0.3) is 0 Å². The number of carbonyl (C=O) groups excluding carboxylic acids is 2. The van der Waals surface area contributed by atoms with E-state index in [1.807, 2.05) is 67.7 Å². The molecule has 1 amide bonds. The molecule has 1 atom stereocenters. The van der Waals surface area contributed by atoms with Crippen molar-refractivity contribution in [2.45, 2.75) is 31.6 Å². The molecule has 0 radical (unpaired) electrons. The summed E-state index contributed by atoms with van der Waals surface area (Å²) in [4.78, 5) is 26.2. The van der Waals surface area contributed by atoms with Crippen LogP contribution in [0.5, 0.6) is 5.75 Å². The van der Waals surface area contributed by atoms with Crippen LogP contribution in [-0.4, -0.2) is 37.5 Å². The quantitative estimate of drug-likeness (QED) is 0.407. The molecular weight excluding hydrogens is 492 g/mol. The van der Waals surface area contributed by atoms with E-state index >= 15 is 0 Å². The summed E-state index contributed by atoms with van der Waals surface area (Å²) in [5.74, 6) is 0.404. The SMILES string of the molecule is CC/C=C1/NC(=O)C(CC(=O)OC)S1.CN=Cc1ccc(OCc2ccc(Br)cc2)cc1. The lowest BCUT2D eigenvalue weighted by atomic mass is 10.2. The van der Waals surface area contributed by atoms with Crippen LogP contribution in [0.4, 0.5) is 0 Å². The molecule has 1 aliphatic rings. The van der Waals surface area contributed by atoms with E-state index in [0.717, 1.165) is 32.8 Å². The van der Waals surface area contributed by atoms with Crippen molar-refractivity contribution in [3.8, 4) is 5.75 Å². The monoisotopic (exact) mass is 518 g/mol. The van der Waals surface area contributed by atoms with E-state index in [0.29, 0.717) is 6.61 Å². The molecule has 170 valence electrons. The van der Waals surface area contributed by atoms with Gasteiger partial charge in [0.25, 0.3) is 0 Å². The molecule has 2 aromatic rings. The Morgan fingerprint density at radius 3 is 2.47 bits per heavy atom. The Balaban J connectivity index is 0.000000235. The van der Waals surface area contributed by atoms with E-state index in [4.69, 9.17) is 4.74 Å². The number of esters is 1. The van der Waals surface area contributed by atoms with Crippen LogP contribution in [0.2, 0.25) is 0 Å². The van der Waals surface area contributed by atoms with Crippen molar-refractivity contribution in [1.82, 2.24) is 5.32 Å². The summed E-state index contributed by atoms with van der Waals surface area (Å²) in [5.41, 5.74) is 2.23. The largest absolute Gasteiger partial charge is 0.489 e. The number of halogens is 1. The van der Waals surface area contributed by atoms with E-state index in [-0.39, 0.29) is 23.5 Å². The average molecular weight is 519 g/mol. The first-order valence-corrected chi connectivity index (χ1v) is 11.8. The number of carbonyl (C=O) groups is 2. The zero-order chi connectivity index (χ0) is 23.3. The molecule has 0 aromatic heterocycles. The van der Waals surface area contributed by atoms with Gasteiger partial charge in [-0.3, -0.25) is 14.6 Å². The number of benzene rings is 2. The predicted molar refractivity (Wildman–Crippen MR) is 133 cm³/mol. The van der Waals surface area contributed by atoms with Crippen molar-refractivity contribution in [1.29, 1.82) is 0 Å². The number of ether oxygens (including phenoxy) is 2. The van der Waals surface area contributed by atoms with Crippen LogP contribution in [0.3, 0.4) is 0 Å². The highest BCUT2D eigenvalue weighted by Gasteiger charge is 2.30. The van der Waals surface area contributed by atoms with E-state index < -0.39 is 0 Å². The third kappa shape index (κ3) is 8.88. The lowest BCUT2D eigenvalue weighted by Crippen LogP contribution is -2.24. The zero-order valence-electron chi connectivity index (χ0n) is 18.3. The van der Waals surface area contributed by atoms with Crippen LogP contribution < -0.4 is 10.1 Å². The van der Waals surface area contributed by atoms with Crippen LogP contribution in [0, 0.1) is 0 Å². The summed E-state index contributed by atoms with van der Waals surface area (Å²) in [6.07, 6.45) is 4.75. The highest BCUT2D eigenvalue weighted by Crippen LogP contribution is 2.29. The van der Waals surface area contributed by atoms with Gasteiger partial charge in [0.2, 0.25) is 5.91 Å². The van der Waals surface area contributed by atoms with Gasteiger partial charge < -0.3 is 14.8 Å². The molecule has 1 N–H and O–H groups in total. The van der Waals surface area contributed by atoms with Gasteiger partial charge in [-0.1, -0.05) is 52.8 Å². The van der Waals surface area contributed by atoms with Crippen LogP contribution in [-0.2, 0) is 20.9 Å². The topological polar surface area (TPSA) is 77.0 Å². The molecule has 1 unspecified atom stereocenters. The van der Waals surface area contributed by atoms with Gasteiger partial charge in [0.05, 0.1) is 18.6 Å². The minimum absolute atomic E-state index is 0.111. The summed E-state index contributed by atoms with van der Waals surface area (Å²) in [5, 5.41) is 3.22. The average Bonchev–Trinajstić information content (AvgIpc) is 3.13. The third-order valence-corrected chi connectivity index (χ3v) is 5.97. The summed E-state index contributed by atoms with van der Waals surface area (Å²) >= 11 is 4.80. The number of aliphatic imine (C=N–C) groups is 1. The molecule has 1 heterocycles. The number of hydrogen-bond donors (Lipinski definition) is 1. The Kier molecular flexibility index (Phi) is 11.0. The number of allylic oxidation sites excluding steroid dienone is 1. The highest BCUT2D eigenvalue weighted by atomic mass is 79.9. The summed E-state index contributed by atoms with van der Waals surface area (Å²) < 4.78 is 11.3. The van der Waals surface area contributed by atoms with E-state index in [2.05, 4.69) is 31.0 Å². The first-order valence-electron chi connectivity index (χ1n) is 10.1.